The molecule has 2 rings (SSSR count). The van der Waals surface area contributed by atoms with Gasteiger partial charge in [0.05, 0.1) is 12.6 Å². The summed E-state index contributed by atoms with van der Waals surface area (Å²) in [5.74, 6) is 0. The van der Waals surface area contributed by atoms with Gasteiger partial charge in [-0.05, 0) is 25.0 Å². The highest BCUT2D eigenvalue weighted by molar-refractivity contribution is 5.32. The van der Waals surface area contributed by atoms with Gasteiger partial charge in [-0.1, -0.05) is 23.8 Å². The van der Waals surface area contributed by atoms with Gasteiger partial charge in [0.2, 0.25) is 0 Å². The molecule has 1 atom stereocenters. The van der Waals surface area contributed by atoms with Crippen LogP contribution in [-0.2, 0) is 6.54 Å². The van der Waals surface area contributed by atoms with Crippen LogP contribution >= 0.6 is 0 Å². The van der Waals surface area contributed by atoms with E-state index in [4.69, 9.17) is 0 Å². The summed E-state index contributed by atoms with van der Waals surface area (Å²) in [7, 11) is 0. The number of aryl methyl sites for hydroxylation is 2. The summed E-state index contributed by atoms with van der Waals surface area (Å²) in [6, 6.07) is 6.09. The van der Waals surface area contributed by atoms with E-state index in [1.54, 1.807) is 17.2 Å². The van der Waals surface area contributed by atoms with Crippen molar-refractivity contribution in [2.45, 2.75) is 26.5 Å². The van der Waals surface area contributed by atoms with E-state index in [-0.39, 0.29) is 0 Å². The molecule has 0 aliphatic heterocycles. The van der Waals surface area contributed by atoms with Crippen molar-refractivity contribution in [3.63, 3.8) is 0 Å². The molecule has 4 heteroatoms. The van der Waals surface area contributed by atoms with E-state index in [1.807, 2.05) is 32.0 Å². The molecule has 0 aliphatic carbocycles. The molecule has 84 valence electrons. The molecule has 0 saturated carbocycles. The summed E-state index contributed by atoms with van der Waals surface area (Å²) in [6.07, 6.45) is 2.69. The SMILES string of the molecule is Cc1ccc(C)c(C(O)Cn2cnnc2)c1. The van der Waals surface area contributed by atoms with Gasteiger partial charge < -0.3 is 9.67 Å². The first-order valence-electron chi connectivity index (χ1n) is 5.24. The first-order valence-corrected chi connectivity index (χ1v) is 5.24. The van der Waals surface area contributed by atoms with E-state index in [9.17, 15) is 5.11 Å². The van der Waals surface area contributed by atoms with Gasteiger partial charge in [0.1, 0.15) is 12.7 Å². The molecular weight excluding hydrogens is 202 g/mol. The summed E-state index contributed by atoms with van der Waals surface area (Å²) >= 11 is 0. The van der Waals surface area contributed by atoms with E-state index in [2.05, 4.69) is 10.2 Å². The smallest absolute Gasteiger partial charge is 0.119 e. The van der Waals surface area contributed by atoms with Crippen LogP contribution in [0.4, 0.5) is 0 Å². The van der Waals surface area contributed by atoms with E-state index in [1.165, 1.54) is 0 Å². The second-order valence-corrected chi connectivity index (χ2v) is 4.03. The molecule has 2 aromatic rings. The molecule has 0 spiro atoms. The molecule has 0 fully saturated rings. The van der Waals surface area contributed by atoms with Gasteiger partial charge in [-0.3, -0.25) is 0 Å². The van der Waals surface area contributed by atoms with Crippen LogP contribution in [0.15, 0.2) is 30.9 Å². The second kappa shape index (κ2) is 4.45. The maximum Gasteiger partial charge on any atom is 0.119 e. The molecule has 1 unspecified atom stereocenters. The third-order valence-corrected chi connectivity index (χ3v) is 2.64. The number of rotatable bonds is 3. The van der Waals surface area contributed by atoms with Crippen LogP contribution in [0.25, 0.3) is 0 Å². The number of nitrogens with zero attached hydrogens (tertiary/aromatic N) is 3. The topological polar surface area (TPSA) is 50.9 Å². The minimum absolute atomic E-state index is 0.483. The normalized spacial score (nSPS) is 12.7. The summed E-state index contributed by atoms with van der Waals surface area (Å²) < 4.78 is 1.77. The Morgan fingerprint density at radius 2 is 1.94 bits per heavy atom. The average Bonchev–Trinajstić information content (AvgIpc) is 2.74. The lowest BCUT2D eigenvalue weighted by Crippen LogP contribution is -2.08. The number of benzene rings is 1. The minimum atomic E-state index is -0.518. The monoisotopic (exact) mass is 217 g/mol. The summed E-state index contributed by atoms with van der Waals surface area (Å²) in [5, 5.41) is 17.5. The van der Waals surface area contributed by atoms with Crippen molar-refractivity contribution >= 4 is 0 Å². The third kappa shape index (κ3) is 2.28. The van der Waals surface area contributed by atoms with E-state index in [0.717, 1.165) is 16.7 Å². The molecule has 0 saturated heterocycles. The predicted molar refractivity (Wildman–Crippen MR) is 60.9 cm³/mol. The lowest BCUT2D eigenvalue weighted by Gasteiger charge is -2.14. The first-order chi connectivity index (χ1) is 7.66. The Hall–Kier alpha value is -1.68. The predicted octanol–water partition coefficient (Wildman–Crippen LogP) is 1.63. The van der Waals surface area contributed by atoms with Gasteiger partial charge in [-0.25, -0.2) is 0 Å². The molecule has 0 bridgehead atoms. The van der Waals surface area contributed by atoms with Crippen LogP contribution in [0.3, 0.4) is 0 Å². The summed E-state index contributed by atoms with van der Waals surface area (Å²) in [4.78, 5) is 0. The van der Waals surface area contributed by atoms with Crippen molar-refractivity contribution in [3.05, 3.63) is 47.5 Å². The maximum absolute atomic E-state index is 10.1. The van der Waals surface area contributed by atoms with Gasteiger partial charge in [0, 0.05) is 0 Å². The third-order valence-electron chi connectivity index (χ3n) is 2.64. The fourth-order valence-electron chi connectivity index (χ4n) is 1.73. The zero-order valence-corrected chi connectivity index (χ0v) is 9.46. The number of aromatic nitrogens is 3. The Morgan fingerprint density at radius 3 is 2.62 bits per heavy atom. The zero-order chi connectivity index (χ0) is 11.5. The highest BCUT2D eigenvalue weighted by Crippen LogP contribution is 2.20. The highest BCUT2D eigenvalue weighted by atomic mass is 16.3. The number of aliphatic hydroxyl groups is 1. The minimum Gasteiger partial charge on any atom is -0.387 e. The molecule has 0 aliphatic rings. The average molecular weight is 217 g/mol. The standard InChI is InChI=1S/C12H15N3O/c1-9-3-4-10(2)11(5-9)12(16)6-15-7-13-14-8-15/h3-5,7-8,12,16H,6H2,1-2H3. The molecule has 1 aromatic carbocycles. The van der Waals surface area contributed by atoms with Crippen molar-refractivity contribution in [3.8, 4) is 0 Å². The van der Waals surface area contributed by atoms with Crippen molar-refractivity contribution < 1.29 is 5.11 Å². The van der Waals surface area contributed by atoms with Gasteiger partial charge in [0.15, 0.2) is 0 Å². The molecule has 1 aromatic heterocycles. The van der Waals surface area contributed by atoms with Crippen molar-refractivity contribution in [2.24, 2.45) is 0 Å². The lowest BCUT2D eigenvalue weighted by atomic mass is 10.0. The molecule has 16 heavy (non-hydrogen) atoms. The fraction of sp³-hybridized carbons (Fsp3) is 0.333. The molecule has 0 radical (unpaired) electrons. The fourth-order valence-corrected chi connectivity index (χ4v) is 1.73. The largest absolute Gasteiger partial charge is 0.387 e. The lowest BCUT2D eigenvalue weighted by molar-refractivity contribution is 0.155. The summed E-state index contributed by atoms with van der Waals surface area (Å²) in [5.41, 5.74) is 3.23. The molecular formula is C12H15N3O. The second-order valence-electron chi connectivity index (χ2n) is 4.03. The first kappa shape index (κ1) is 10.8. The molecule has 4 nitrogen and oxygen atoms in total. The van der Waals surface area contributed by atoms with Crippen LogP contribution < -0.4 is 0 Å². The Labute approximate surface area is 94.6 Å². The summed E-state index contributed by atoms with van der Waals surface area (Å²) in [6.45, 7) is 4.51. The van der Waals surface area contributed by atoms with E-state index < -0.39 is 6.10 Å². The number of aliphatic hydroxyl groups excluding tert-OH is 1. The number of hydrogen-bond donors (Lipinski definition) is 1. The Morgan fingerprint density at radius 1 is 1.25 bits per heavy atom. The quantitative estimate of drug-likeness (QED) is 0.850. The van der Waals surface area contributed by atoms with Crippen molar-refractivity contribution in [1.82, 2.24) is 14.8 Å². The van der Waals surface area contributed by atoms with Gasteiger partial charge in [-0.2, -0.15) is 0 Å². The Balaban J connectivity index is 2.20. The van der Waals surface area contributed by atoms with Crippen LogP contribution in [-0.4, -0.2) is 19.9 Å². The molecule has 0 amide bonds. The Bertz CT molecular complexity index is 465. The van der Waals surface area contributed by atoms with Crippen molar-refractivity contribution in [2.75, 3.05) is 0 Å². The molecule has 1 heterocycles. The Kier molecular flexibility index (Phi) is 3.01. The van der Waals surface area contributed by atoms with Gasteiger partial charge in [-0.15, -0.1) is 10.2 Å². The highest BCUT2D eigenvalue weighted by Gasteiger charge is 2.11. The number of hydrogen-bond acceptors (Lipinski definition) is 3. The van der Waals surface area contributed by atoms with Crippen LogP contribution in [0.1, 0.15) is 22.8 Å². The van der Waals surface area contributed by atoms with E-state index in [0.29, 0.717) is 6.54 Å². The van der Waals surface area contributed by atoms with Crippen LogP contribution in [0, 0.1) is 13.8 Å². The molecule has 1 N–H and O–H groups in total. The zero-order valence-electron chi connectivity index (χ0n) is 9.46. The van der Waals surface area contributed by atoms with Crippen LogP contribution in [0.5, 0.6) is 0 Å². The van der Waals surface area contributed by atoms with Crippen LogP contribution in [0.2, 0.25) is 0 Å². The van der Waals surface area contributed by atoms with Gasteiger partial charge >= 0.3 is 0 Å². The van der Waals surface area contributed by atoms with Gasteiger partial charge in [0.25, 0.3) is 0 Å². The van der Waals surface area contributed by atoms with E-state index >= 15 is 0 Å². The van der Waals surface area contributed by atoms with Crippen molar-refractivity contribution in [1.29, 1.82) is 0 Å². The maximum atomic E-state index is 10.1.